The molecule has 172 valence electrons. The first-order valence-corrected chi connectivity index (χ1v) is 11.2. The number of aryl methyl sites for hydroxylation is 1. The Morgan fingerprint density at radius 1 is 0.971 bits per heavy atom. The zero-order valence-electron chi connectivity index (χ0n) is 18.9. The van der Waals surface area contributed by atoms with Gasteiger partial charge in [0.15, 0.2) is 18.2 Å². The van der Waals surface area contributed by atoms with E-state index in [1.165, 1.54) is 5.56 Å². The number of aromatic nitrogens is 4. The predicted octanol–water partition coefficient (Wildman–Crippen LogP) is 3.74. The molecule has 0 aliphatic carbocycles. The minimum atomic E-state index is -0.149. The molecule has 1 aliphatic rings. The number of benzene rings is 2. The van der Waals surface area contributed by atoms with Crippen molar-refractivity contribution in [1.82, 2.24) is 19.7 Å². The molecule has 0 amide bonds. The van der Waals surface area contributed by atoms with E-state index in [2.05, 4.69) is 33.9 Å². The Balaban J connectivity index is 1.43. The SMILES string of the molecule is Cc1cccc(-c2ccn(-c3cc(N4CCOCC4)nc(OCC(=O)c4ccccc4)n3)n2)c1. The highest BCUT2D eigenvalue weighted by molar-refractivity contribution is 5.97. The lowest BCUT2D eigenvalue weighted by Gasteiger charge is -2.28. The van der Waals surface area contributed by atoms with Crippen LogP contribution in [0, 0.1) is 6.92 Å². The van der Waals surface area contributed by atoms with Gasteiger partial charge in [-0.2, -0.15) is 15.1 Å². The second-order valence-corrected chi connectivity index (χ2v) is 8.06. The lowest BCUT2D eigenvalue weighted by Crippen LogP contribution is -2.37. The summed E-state index contributed by atoms with van der Waals surface area (Å²) in [6.07, 6.45) is 1.86. The molecule has 8 nitrogen and oxygen atoms in total. The Labute approximate surface area is 197 Å². The average Bonchev–Trinajstić information content (AvgIpc) is 3.39. The first-order valence-electron chi connectivity index (χ1n) is 11.2. The van der Waals surface area contributed by atoms with Crippen LogP contribution in [0.3, 0.4) is 0 Å². The van der Waals surface area contributed by atoms with Crippen LogP contribution < -0.4 is 9.64 Å². The van der Waals surface area contributed by atoms with Crippen molar-refractivity contribution in [3.8, 4) is 23.1 Å². The second-order valence-electron chi connectivity index (χ2n) is 8.06. The highest BCUT2D eigenvalue weighted by atomic mass is 16.5. The highest BCUT2D eigenvalue weighted by Gasteiger charge is 2.18. The molecule has 0 spiro atoms. The normalized spacial score (nSPS) is 13.6. The van der Waals surface area contributed by atoms with Crippen LogP contribution in [0.15, 0.2) is 72.9 Å². The zero-order valence-corrected chi connectivity index (χ0v) is 18.9. The quantitative estimate of drug-likeness (QED) is 0.393. The van der Waals surface area contributed by atoms with Gasteiger partial charge in [-0.05, 0) is 19.1 Å². The predicted molar refractivity (Wildman–Crippen MR) is 129 cm³/mol. The summed E-state index contributed by atoms with van der Waals surface area (Å²) in [6.45, 7) is 4.59. The fourth-order valence-electron chi connectivity index (χ4n) is 3.78. The van der Waals surface area contributed by atoms with E-state index in [9.17, 15) is 4.79 Å². The van der Waals surface area contributed by atoms with Gasteiger partial charge in [-0.3, -0.25) is 4.79 Å². The molecular weight excluding hydrogens is 430 g/mol. The lowest BCUT2D eigenvalue weighted by atomic mass is 10.1. The van der Waals surface area contributed by atoms with Gasteiger partial charge in [0.1, 0.15) is 5.82 Å². The van der Waals surface area contributed by atoms with Crippen LogP contribution in [0.2, 0.25) is 0 Å². The number of carbonyl (C=O) groups is 1. The van der Waals surface area contributed by atoms with E-state index in [1.54, 1.807) is 16.8 Å². The molecule has 8 heteroatoms. The monoisotopic (exact) mass is 455 g/mol. The lowest BCUT2D eigenvalue weighted by molar-refractivity contribution is 0.0914. The summed E-state index contributed by atoms with van der Waals surface area (Å²) < 4.78 is 12.9. The van der Waals surface area contributed by atoms with Crippen molar-refractivity contribution in [2.45, 2.75) is 6.92 Å². The van der Waals surface area contributed by atoms with Gasteiger partial charge in [0.2, 0.25) is 0 Å². The van der Waals surface area contributed by atoms with Crippen molar-refractivity contribution >= 4 is 11.6 Å². The molecule has 0 radical (unpaired) electrons. The van der Waals surface area contributed by atoms with E-state index in [0.29, 0.717) is 43.5 Å². The first kappa shape index (κ1) is 21.8. The third kappa shape index (κ3) is 4.97. The maximum absolute atomic E-state index is 12.5. The van der Waals surface area contributed by atoms with Crippen molar-refractivity contribution in [1.29, 1.82) is 0 Å². The maximum Gasteiger partial charge on any atom is 0.320 e. The van der Waals surface area contributed by atoms with Crippen LogP contribution in [0.1, 0.15) is 15.9 Å². The molecule has 0 N–H and O–H groups in total. The summed E-state index contributed by atoms with van der Waals surface area (Å²) in [5.74, 6) is 1.14. The van der Waals surface area contributed by atoms with E-state index in [-0.39, 0.29) is 18.4 Å². The second kappa shape index (κ2) is 9.84. The minimum absolute atomic E-state index is 0.135. The third-order valence-corrected chi connectivity index (χ3v) is 5.58. The van der Waals surface area contributed by atoms with Crippen LogP contribution in [-0.2, 0) is 4.74 Å². The van der Waals surface area contributed by atoms with Gasteiger partial charge >= 0.3 is 6.01 Å². The van der Waals surface area contributed by atoms with E-state index in [1.807, 2.05) is 48.7 Å². The number of rotatable bonds is 7. The molecule has 1 saturated heterocycles. The third-order valence-electron chi connectivity index (χ3n) is 5.58. The smallest absolute Gasteiger partial charge is 0.320 e. The number of anilines is 1. The maximum atomic E-state index is 12.5. The van der Waals surface area contributed by atoms with Crippen LogP contribution in [0.5, 0.6) is 6.01 Å². The molecule has 1 fully saturated rings. The van der Waals surface area contributed by atoms with Crippen LogP contribution in [-0.4, -0.2) is 58.4 Å². The molecule has 34 heavy (non-hydrogen) atoms. The summed E-state index contributed by atoms with van der Waals surface area (Å²) in [7, 11) is 0. The van der Waals surface area contributed by atoms with Crippen molar-refractivity contribution in [3.63, 3.8) is 0 Å². The van der Waals surface area contributed by atoms with Crippen molar-refractivity contribution in [2.75, 3.05) is 37.8 Å². The molecule has 5 rings (SSSR count). The van der Waals surface area contributed by atoms with Crippen molar-refractivity contribution < 1.29 is 14.3 Å². The molecule has 0 unspecified atom stereocenters. The van der Waals surface area contributed by atoms with Gasteiger partial charge in [-0.1, -0.05) is 54.1 Å². The first-order chi connectivity index (χ1) is 16.7. The van der Waals surface area contributed by atoms with Crippen molar-refractivity contribution in [3.05, 3.63) is 84.1 Å². The molecule has 3 heterocycles. The molecule has 2 aromatic carbocycles. The van der Waals surface area contributed by atoms with E-state index >= 15 is 0 Å². The van der Waals surface area contributed by atoms with Gasteiger partial charge < -0.3 is 14.4 Å². The van der Waals surface area contributed by atoms with Crippen LogP contribution in [0.4, 0.5) is 5.82 Å². The van der Waals surface area contributed by atoms with Gasteiger partial charge in [-0.25, -0.2) is 4.68 Å². The van der Waals surface area contributed by atoms with E-state index in [0.717, 1.165) is 11.3 Å². The fraction of sp³-hybridized carbons (Fsp3) is 0.231. The summed E-state index contributed by atoms with van der Waals surface area (Å²) in [5.41, 5.74) is 3.63. The number of ether oxygens (including phenoxy) is 2. The zero-order chi connectivity index (χ0) is 23.3. The molecular formula is C26H25N5O3. The number of carbonyl (C=O) groups excluding carboxylic acids is 1. The molecule has 0 atom stereocenters. The average molecular weight is 456 g/mol. The molecule has 0 bridgehead atoms. The molecule has 4 aromatic rings. The Hall–Kier alpha value is -4.04. The number of Topliss-reactive ketones (excluding diaryl/α,β-unsaturated/α-hetero) is 1. The number of morpholine rings is 1. The van der Waals surface area contributed by atoms with Crippen LogP contribution >= 0.6 is 0 Å². The summed E-state index contributed by atoms with van der Waals surface area (Å²) in [4.78, 5) is 23.8. The van der Waals surface area contributed by atoms with Crippen LogP contribution in [0.25, 0.3) is 17.1 Å². The Morgan fingerprint density at radius 3 is 2.56 bits per heavy atom. The topological polar surface area (TPSA) is 82.4 Å². The Morgan fingerprint density at radius 2 is 1.76 bits per heavy atom. The molecule has 0 saturated carbocycles. The van der Waals surface area contributed by atoms with Gasteiger partial charge in [0.05, 0.1) is 18.9 Å². The standard InChI is InChI=1S/C26H25N5O3/c1-19-6-5-9-21(16-19)22-10-11-31(29-22)25-17-24(30-12-14-33-15-13-30)27-26(28-25)34-18-23(32)20-7-3-2-4-8-20/h2-11,16-17H,12-15,18H2,1H3. The van der Waals surface area contributed by atoms with Gasteiger partial charge in [0, 0.05) is 36.5 Å². The fourth-order valence-corrected chi connectivity index (χ4v) is 3.78. The van der Waals surface area contributed by atoms with E-state index in [4.69, 9.17) is 14.6 Å². The van der Waals surface area contributed by atoms with Gasteiger partial charge in [-0.15, -0.1) is 0 Å². The Bertz CT molecular complexity index is 1280. The molecule has 2 aromatic heterocycles. The minimum Gasteiger partial charge on any atom is -0.455 e. The Kier molecular flexibility index (Phi) is 6.31. The molecule has 1 aliphatic heterocycles. The number of ketones is 1. The number of nitrogens with zero attached hydrogens (tertiary/aromatic N) is 5. The highest BCUT2D eigenvalue weighted by Crippen LogP contribution is 2.23. The largest absolute Gasteiger partial charge is 0.455 e. The van der Waals surface area contributed by atoms with E-state index < -0.39 is 0 Å². The number of hydrogen-bond donors (Lipinski definition) is 0. The number of hydrogen-bond acceptors (Lipinski definition) is 7. The van der Waals surface area contributed by atoms with Crippen molar-refractivity contribution in [2.24, 2.45) is 0 Å². The van der Waals surface area contributed by atoms with Gasteiger partial charge in [0.25, 0.3) is 0 Å². The summed E-state index contributed by atoms with van der Waals surface area (Å²) in [5, 5.41) is 4.72. The summed E-state index contributed by atoms with van der Waals surface area (Å²) >= 11 is 0. The summed E-state index contributed by atoms with van der Waals surface area (Å²) in [6, 6.07) is 21.2.